The van der Waals surface area contributed by atoms with Crippen molar-refractivity contribution in [1.29, 1.82) is 0 Å². The third-order valence-electron chi connectivity index (χ3n) is 4.84. The Hall–Kier alpha value is -0.120. The van der Waals surface area contributed by atoms with Crippen molar-refractivity contribution >= 4 is 0 Å². The van der Waals surface area contributed by atoms with Crippen LogP contribution in [0.15, 0.2) is 0 Å². The molecular formula is C15H30N2O. The molecule has 2 fully saturated rings. The Morgan fingerprint density at radius 2 is 1.83 bits per heavy atom. The van der Waals surface area contributed by atoms with E-state index in [4.69, 9.17) is 0 Å². The van der Waals surface area contributed by atoms with Gasteiger partial charge in [0.25, 0.3) is 0 Å². The maximum atomic E-state index is 10.2. The average Bonchev–Trinajstić information content (AvgIpc) is 3.15. The second-order valence-electron chi connectivity index (χ2n) is 6.65. The molecular weight excluding hydrogens is 224 g/mol. The van der Waals surface area contributed by atoms with E-state index in [1.807, 2.05) is 0 Å². The Labute approximate surface area is 112 Å². The first-order chi connectivity index (χ1) is 8.56. The predicted octanol–water partition coefficient (Wildman–Crippen LogP) is 1.81. The molecule has 2 unspecified atom stereocenters. The minimum Gasteiger partial charge on any atom is -0.390 e. The van der Waals surface area contributed by atoms with Crippen molar-refractivity contribution in [3.63, 3.8) is 0 Å². The van der Waals surface area contributed by atoms with Crippen LogP contribution in [0.4, 0.5) is 0 Å². The summed E-state index contributed by atoms with van der Waals surface area (Å²) < 4.78 is 0. The molecule has 0 amide bonds. The van der Waals surface area contributed by atoms with E-state index in [0.717, 1.165) is 24.9 Å². The van der Waals surface area contributed by atoms with Crippen molar-refractivity contribution in [3.8, 4) is 0 Å². The van der Waals surface area contributed by atoms with Crippen LogP contribution < -0.4 is 0 Å². The molecule has 0 bridgehead atoms. The molecule has 18 heavy (non-hydrogen) atoms. The van der Waals surface area contributed by atoms with Crippen LogP contribution in [-0.2, 0) is 0 Å². The highest BCUT2D eigenvalue weighted by Gasteiger charge is 2.31. The van der Waals surface area contributed by atoms with Gasteiger partial charge in [0.15, 0.2) is 0 Å². The molecule has 0 spiro atoms. The van der Waals surface area contributed by atoms with Crippen LogP contribution in [0.25, 0.3) is 0 Å². The van der Waals surface area contributed by atoms with Gasteiger partial charge >= 0.3 is 0 Å². The Morgan fingerprint density at radius 3 is 2.39 bits per heavy atom. The summed E-state index contributed by atoms with van der Waals surface area (Å²) >= 11 is 0. The molecule has 1 N–H and O–H groups in total. The van der Waals surface area contributed by atoms with Gasteiger partial charge in [-0.05, 0) is 64.6 Å². The summed E-state index contributed by atoms with van der Waals surface area (Å²) in [5.41, 5.74) is 0. The highest BCUT2D eigenvalue weighted by Crippen LogP contribution is 2.34. The Balaban J connectivity index is 1.66. The molecule has 1 aliphatic carbocycles. The highest BCUT2D eigenvalue weighted by atomic mass is 16.3. The molecule has 0 aromatic carbocycles. The zero-order valence-electron chi connectivity index (χ0n) is 12.3. The molecule has 1 aliphatic heterocycles. The van der Waals surface area contributed by atoms with E-state index in [-0.39, 0.29) is 6.10 Å². The van der Waals surface area contributed by atoms with Crippen molar-refractivity contribution in [2.75, 3.05) is 33.2 Å². The molecule has 3 nitrogen and oxygen atoms in total. The van der Waals surface area contributed by atoms with Gasteiger partial charge in [-0.1, -0.05) is 6.92 Å². The molecule has 1 saturated heterocycles. The van der Waals surface area contributed by atoms with E-state index >= 15 is 0 Å². The summed E-state index contributed by atoms with van der Waals surface area (Å²) in [5, 5.41) is 10.2. The second kappa shape index (κ2) is 6.36. The number of hydrogen-bond donors (Lipinski definition) is 1. The normalized spacial score (nSPS) is 26.5. The van der Waals surface area contributed by atoms with Crippen molar-refractivity contribution in [1.82, 2.24) is 9.80 Å². The zero-order chi connectivity index (χ0) is 13.1. The molecule has 2 atom stereocenters. The number of β-amino-alcohol motifs (C(OH)–C–C–N with tert-alkyl or cyclic N) is 1. The molecule has 1 saturated carbocycles. The summed E-state index contributed by atoms with van der Waals surface area (Å²) in [7, 11) is 2.16. The second-order valence-corrected chi connectivity index (χ2v) is 6.65. The molecule has 3 heteroatoms. The van der Waals surface area contributed by atoms with Crippen LogP contribution >= 0.6 is 0 Å². The van der Waals surface area contributed by atoms with Crippen LogP contribution in [0.5, 0.6) is 0 Å². The summed E-state index contributed by atoms with van der Waals surface area (Å²) in [5.74, 6) is 1.76. The first-order valence-corrected chi connectivity index (χ1v) is 7.67. The minimum absolute atomic E-state index is 0.190. The maximum Gasteiger partial charge on any atom is 0.0793 e. The standard InChI is InChI=1S/C15H30N2O/c1-12-6-8-17(9-7-12)11-15(18)10-16(3)13(2)14-4-5-14/h12-15,18H,4-11H2,1-3H3. The van der Waals surface area contributed by atoms with Gasteiger partial charge in [-0.3, -0.25) is 0 Å². The minimum atomic E-state index is -0.190. The van der Waals surface area contributed by atoms with Gasteiger partial charge in [0, 0.05) is 19.1 Å². The third kappa shape index (κ3) is 4.22. The number of rotatable bonds is 6. The van der Waals surface area contributed by atoms with Gasteiger partial charge in [0.05, 0.1) is 6.10 Å². The van der Waals surface area contributed by atoms with E-state index in [1.54, 1.807) is 0 Å². The highest BCUT2D eigenvalue weighted by molar-refractivity contribution is 4.85. The van der Waals surface area contributed by atoms with Crippen LogP contribution in [0.3, 0.4) is 0 Å². The SMILES string of the molecule is CC1CCN(CC(O)CN(C)C(C)C2CC2)CC1. The molecule has 2 rings (SSSR count). The lowest BCUT2D eigenvalue weighted by Gasteiger charge is -2.33. The number of nitrogens with zero attached hydrogens (tertiary/aromatic N) is 2. The van der Waals surface area contributed by atoms with Crippen LogP contribution in [0, 0.1) is 11.8 Å². The van der Waals surface area contributed by atoms with Crippen molar-refractivity contribution in [2.24, 2.45) is 11.8 Å². The van der Waals surface area contributed by atoms with Gasteiger partial charge in [-0.15, -0.1) is 0 Å². The lowest BCUT2D eigenvalue weighted by atomic mass is 9.99. The van der Waals surface area contributed by atoms with E-state index in [0.29, 0.717) is 6.04 Å². The van der Waals surface area contributed by atoms with E-state index < -0.39 is 0 Å². The number of likely N-dealkylation sites (tertiary alicyclic amines) is 1. The fourth-order valence-electron chi connectivity index (χ4n) is 3.04. The van der Waals surface area contributed by atoms with Crippen LogP contribution in [0.2, 0.25) is 0 Å². The van der Waals surface area contributed by atoms with Crippen molar-refractivity contribution in [3.05, 3.63) is 0 Å². The molecule has 0 aromatic rings. The van der Waals surface area contributed by atoms with Crippen molar-refractivity contribution < 1.29 is 5.11 Å². The molecule has 0 radical (unpaired) electrons. The molecule has 1 heterocycles. The van der Waals surface area contributed by atoms with E-state index in [9.17, 15) is 5.11 Å². The average molecular weight is 254 g/mol. The van der Waals surface area contributed by atoms with Gasteiger partial charge in [-0.25, -0.2) is 0 Å². The quantitative estimate of drug-likeness (QED) is 0.783. The predicted molar refractivity (Wildman–Crippen MR) is 75.7 cm³/mol. The van der Waals surface area contributed by atoms with Gasteiger partial charge in [0.2, 0.25) is 0 Å². The smallest absolute Gasteiger partial charge is 0.0793 e. The summed E-state index contributed by atoms with van der Waals surface area (Å²) in [6.07, 6.45) is 5.16. The lowest BCUT2D eigenvalue weighted by molar-refractivity contribution is 0.0564. The number of hydrogen-bond acceptors (Lipinski definition) is 3. The summed E-state index contributed by atoms with van der Waals surface area (Å²) in [6, 6.07) is 0.640. The molecule has 106 valence electrons. The number of likely N-dealkylation sites (N-methyl/N-ethyl adjacent to an activating group) is 1. The molecule has 0 aromatic heterocycles. The van der Waals surface area contributed by atoms with Crippen LogP contribution in [-0.4, -0.2) is 60.3 Å². The van der Waals surface area contributed by atoms with Crippen LogP contribution in [0.1, 0.15) is 39.5 Å². The zero-order valence-corrected chi connectivity index (χ0v) is 12.3. The lowest BCUT2D eigenvalue weighted by Crippen LogP contribution is -2.44. The Kier molecular flexibility index (Phi) is 5.05. The fourth-order valence-corrected chi connectivity index (χ4v) is 3.04. The topological polar surface area (TPSA) is 26.7 Å². The van der Waals surface area contributed by atoms with E-state index in [2.05, 4.69) is 30.7 Å². The van der Waals surface area contributed by atoms with Gasteiger partial charge in [0.1, 0.15) is 0 Å². The largest absolute Gasteiger partial charge is 0.390 e. The third-order valence-corrected chi connectivity index (χ3v) is 4.84. The number of aliphatic hydroxyl groups excluding tert-OH is 1. The van der Waals surface area contributed by atoms with E-state index in [1.165, 1.54) is 38.8 Å². The molecule has 2 aliphatic rings. The number of aliphatic hydroxyl groups is 1. The maximum absolute atomic E-state index is 10.2. The van der Waals surface area contributed by atoms with Crippen molar-refractivity contribution in [2.45, 2.75) is 51.7 Å². The van der Waals surface area contributed by atoms with Gasteiger partial charge in [-0.2, -0.15) is 0 Å². The summed E-state index contributed by atoms with van der Waals surface area (Å²) in [6.45, 7) is 8.64. The first-order valence-electron chi connectivity index (χ1n) is 7.67. The summed E-state index contributed by atoms with van der Waals surface area (Å²) in [4.78, 5) is 4.77. The fraction of sp³-hybridized carbons (Fsp3) is 1.00. The monoisotopic (exact) mass is 254 g/mol. The Morgan fingerprint density at radius 1 is 1.22 bits per heavy atom. The number of piperidine rings is 1. The first kappa shape index (κ1) is 14.3. The van der Waals surface area contributed by atoms with Gasteiger partial charge < -0.3 is 14.9 Å². The Bertz CT molecular complexity index is 247.